The number of rotatable bonds is 6. The van der Waals surface area contributed by atoms with Gasteiger partial charge >= 0.3 is 12.1 Å². The van der Waals surface area contributed by atoms with Crippen LogP contribution < -0.4 is 5.32 Å². The zero-order valence-corrected chi connectivity index (χ0v) is 11.5. The van der Waals surface area contributed by atoms with E-state index in [4.69, 9.17) is 0 Å². The summed E-state index contributed by atoms with van der Waals surface area (Å²) in [5, 5.41) is 3.09. The van der Waals surface area contributed by atoms with Gasteiger partial charge in [-0.2, -0.15) is 13.2 Å². The lowest BCUT2D eigenvalue weighted by Gasteiger charge is -2.16. The molecule has 0 saturated heterocycles. The van der Waals surface area contributed by atoms with E-state index in [0.29, 0.717) is 12.0 Å². The second-order valence-electron chi connectivity index (χ2n) is 4.62. The van der Waals surface area contributed by atoms with E-state index in [9.17, 15) is 18.0 Å². The van der Waals surface area contributed by atoms with Crippen molar-refractivity contribution in [3.8, 4) is 0 Å². The van der Waals surface area contributed by atoms with Crippen LogP contribution in [0.1, 0.15) is 36.5 Å². The van der Waals surface area contributed by atoms with Gasteiger partial charge in [0.25, 0.3) is 0 Å². The van der Waals surface area contributed by atoms with E-state index in [2.05, 4.69) is 10.1 Å². The first-order valence-electron chi connectivity index (χ1n) is 6.33. The maximum absolute atomic E-state index is 12.0. The molecule has 0 saturated carbocycles. The maximum atomic E-state index is 12.0. The fraction of sp³-hybridized carbons (Fsp3) is 0.500. The van der Waals surface area contributed by atoms with Crippen molar-refractivity contribution in [3.05, 3.63) is 29.8 Å². The van der Waals surface area contributed by atoms with E-state index in [1.54, 1.807) is 24.3 Å². The summed E-state index contributed by atoms with van der Waals surface area (Å²) in [6, 6.07) is 6.55. The average Bonchev–Trinajstić information content (AvgIpc) is 2.37. The Morgan fingerprint density at radius 2 is 1.90 bits per heavy atom. The zero-order chi connectivity index (χ0) is 15.2. The molecule has 0 aromatic heterocycles. The molecule has 1 unspecified atom stereocenters. The Labute approximate surface area is 116 Å². The van der Waals surface area contributed by atoms with Gasteiger partial charge in [0.15, 0.2) is 0 Å². The number of carbonyl (C=O) groups excluding carboxylic acids is 1. The number of ether oxygens (including phenoxy) is 1. The second-order valence-corrected chi connectivity index (χ2v) is 4.62. The van der Waals surface area contributed by atoms with E-state index in [1.807, 2.05) is 6.92 Å². The standard InChI is InChI=1S/C14H18F3NO2/c1-10(4-3-9-14(15,16)17)18-12-7-5-11(6-8-12)13(19)20-2/h5-8,10,18H,3-4,9H2,1-2H3. The van der Waals surface area contributed by atoms with Crippen LogP contribution >= 0.6 is 0 Å². The lowest BCUT2D eigenvalue weighted by atomic mass is 10.1. The molecule has 0 aliphatic rings. The lowest BCUT2D eigenvalue weighted by molar-refractivity contribution is -0.135. The molecule has 20 heavy (non-hydrogen) atoms. The number of nitrogens with one attached hydrogen (secondary N) is 1. The summed E-state index contributed by atoms with van der Waals surface area (Å²) in [5.74, 6) is -0.422. The molecule has 1 atom stereocenters. The smallest absolute Gasteiger partial charge is 0.389 e. The van der Waals surface area contributed by atoms with Crippen molar-refractivity contribution in [2.45, 2.75) is 38.4 Å². The number of anilines is 1. The third-order valence-corrected chi connectivity index (χ3v) is 2.82. The van der Waals surface area contributed by atoms with Crippen molar-refractivity contribution >= 4 is 11.7 Å². The molecule has 3 nitrogen and oxygen atoms in total. The summed E-state index contributed by atoms with van der Waals surface area (Å²) in [6.45, 7) is 1.82. The summed E-state index contributed by atoms with van der Waals surface area (Å²) in [4.78, 5) is 11.2. The van der Waals surface area contributed by atoms with Crippen molar-refractivity contribution in [2.75, 3.05) is 12.4 Å². The molecule has 0 aliphatic heterocycles. The second kappa shape index (κ2) is 7.17. The van der Waals surface area contributed by atoms with Crippen molar-refractivity contribution < 1.29 is 22.7 Å². The van der Waals surface area contributed by atoms with Gasteiger partial charge in [-0.15, -0.1) is 0 Å². The lowest BCUT2D eigenvalue weighted by Crippen LogP contribution is -2.16. The maximum Gasteiger partial charge on any atom is 0.389 e. The number of hydrogen-bond donors (Lipinski definition) is 1. The molecule has 0 fully saturated rings. The van der Waals surface area contributed by atoms with E-state index in [1.165, 1.54) is 7.11 Å². The topological polar surface area (TPSA) is 38.3 Å². The summed E-state index contributed by atoms with van der Waals surface area (Å²) < 4.78 is 40.6. The Kier molecular flexibility index (Phi) is 5.85. The molecule has 1 N–H and O–H groups in total. The quantitative estimate of drug-likeness (QED) is 0.804. The molecular weight excluding hydrogens is 271 g/mol. The van der Waals surface area contributed by atoms with Crippen LogP contribution in [0.15, 0.2) is 24.3 Å². The summed E-state index contributed by atoms with van der Waals surface area (Å²) >= 11 is 0. The number of hydrogen-bond acceptors (Lipinski definition) is 3. The number of carbonyl (C=O) groups is 1. The van der Waals surface area contributed by atoms with Gasteiger partial charge in [-0.3, -0.25) is 0 Å². The molecule has 0 spiro atoms. The minimum absolute atomic E-state index is 0.0682. The van der Waals surface area contributed by atoms with Gasteiger partial charge < -0.3 is 10.1 Å². The molecule has 6 heteroatoms. The highest BCUT2D eigenvalue weighted by molar-refractivity contribution is 5.89. The largest absolute Gasteiger partial charge is 0.465 e. The van der Waals surface area contributed by atoms with Gasteiger partial charge in [-0.25, -0.2) is 4.79 Å². The van der Waals surface area contributed by atoms with Gasteiger partial charge in [0.1, 0.15) is 0 Å². The number of halogens is 3. The van der Waals surface area contributed by atoms with Crippen LogP contribution in [0.2, 0.25) is 0 Å². The molecule has 0 aliphatic carbocycles. The molecule has 0 amide bonds. The van der Waals surface area contributed by atoms with Crippen molar-refractivity contribution in [2.24, 2.45) is 0 Å². The minimum atomic E-state index is -4.10. The number of methoxy groups -OCH3 is 1. The molecule has 0 radical (unpaired) electrons. The van der Waals surface area contributed by atoms with Crippen molar-refractivity contribution in [1.82, 2.24) is 0 Å². The van der Waals surface area contributed by atoms with Crippen LogP contribution in [0.4, 0.5) is 18.9 Å². The highest BCUT2D eigenvalue weighted by atomic mass is 19.4. The first kappa shape index (κ1) is 16.3. The molecule has 0 bridgehead atoms. The number of esters is 1. The predicted octanol–water partition coefficient (Wildman–Crippen LogP) is 4.01. The Morgan fingerprint density at radius 1 is 1.30 bits per heavy atom. The predicted molar refractivity (Wildman–Crippen MR) is 70.8 cm³/mol. The summed E-state index contributed by atoms with van der Waals surface area (Å²) in [5.41, 5.74) is 1.19. The van der Waals surface area contributed by atoms with Gasteiger partial charge in [-0.05, 0) is 44.0 Å². The Balaban J connectivity index is 2.42. The normalized spacial score (nSPS) is 12.8. The minimum Gasteiger partial charge on any atom is -0.465 e. The van der Waals surface area contributed by atoms with Crippen molar-refractivity contribution in [3.63, 3.8) is 0 Å². The molecule has 112 valence electrons. The summed E-state index contributed by atoms with van der Waals surface area (Å²) in [6.07, 6.45) is -4.33. The zero-order valence-electron chi connectivity index (χ0n) is 11.5. The SMILES string of the molecule is COC(=O)c1ccc(NC(C)CCCC(F)(F)F)cc1. The first-order valence-corrected chi connectivity index (χ1v) is 6.33. The van der Waals surface area contributed by atoms with Crippen LogP contribution in [0.25, 0.3) is 0 Å². The fourth-order valence-corrected chi connectivity index (χ4v) is 1.79. The third-order valence-electron chi connectivity index (χ3n) is 2.82. The monoisotopic (exact) mass is 289 g/mol. The Hall–Kier alpha value is -1.72. The molecule has 1 aromatic carbocycles. The highest BCUT2D eigenvalue weighted by Gasteiger charge is 2.26. The van der Waals surface area contributed by atoms with E-state index in [0.717, 1.165) is 5.69 Å². The molecule has 0 heterocycles. The van der Waals surface area contributed by atoms with Crippen LogP contribution in [-0.4, -0.2) is 25.3 Å². The molecule has 1 aromatic rings. The van der Waals surface area contributed by atoms with Crippen LogP contribution in [0, 0.1) is 0 Å². The fourth-order valence-electron chi connectivity index (χ4n) is 1.79. The van der Waals surface area contributed by atoms with Crippen LogP contribution in [0.5, 0.6) is 0 Å². The average molecular weight is 289 g/mol. The third kappa shape index (κ3) is 5.95. The van der Waals surface area contributed by atoms with Gasteiger partial charge in [0.05, 0.1) is 12.7 Å². The van der Waals surface area contributed by atoms with Crippen molar-refractivity contribution in [1.29, 1.82) is 0 Å². The van der Waals surface area contributed by atoms with Crippen LogP contribution in [0.3, 0.4) is 0 Å². The number of alkyl halides is 3. The molecular formula is C14H18F3NO2. The Bertz CT molecular complexity index is 429. The number of benzene rings is 1. The highest BCUT2D eigenvalue weighted by Crippen LogP contribution is 2.23. The Morgan fingerprint density at radius 3 is 2.40 bits per heavy atom. The first-order chi connectivity index (χ1) is 9.31. The summed E-state index contributed by atoms with van der Waals surface area (Å²) in [7, 11) is 1.30. The van der Waals surface area contributed by atoms with Gasteiger partial charge in [-0.1, -0.05) is 0 Å². The molecule has 1 rings (SSSR count). The van der Waals surface area contributed by atoms with E-state index >= 15 is 0 Å². The van der Waals surface area contributed by atoms with Gasteiger partial charge in [0, 0.05) is 18.2 Å². The van der Waals surface area contributed by atoms with Gasteiger partial charge in [0.2, 0.25) is 0 Å². The van der Waals surface area contributed by atoms with E-state index < -0.39 is 18.6 Å². The van der Waals surface area contributed by atoms with Crippen LogP contribution in [-0.2, 0) is 4.74 Å². The van der Waals surface area contributed by atoms with E-state index in [-0.39, 0.29) is 12.5 Å².